The Morgan fingerprint density at radius 1 is 1.15 bits per heavy atom. The molecule has 3 atom stereocenters. The van der Waals surface area contributed by atoms with Gasteiger partial charge in [0.25, 0.3) is 0 Å². The highest BCUT2D eigenvalue weighted by Crippen LogP contribution is 2.25. The third kappa shape index (κ3) is 5.37. The molecule has 0 saturated carbocycles. The van der Waals surface area contributed by atoms with Gasteiger partial charge in [-0.2, -0.15) is 0 Å². The minimum absolute atomic E-state index is 0.900. The van der Waals surface area contributed by atoms with Gasteiger partial charge in [0.15, 0.2) is 0 Å². The van der Waals surface area contributed by atoms with E-state index < -0.39 is 0 Å². The van der Waals surface area contributed by atoms with Crippen molar-refractivity contribution in [2.45, 2.75) is 65.2 Å². The first-order valence-electron chi connectivity index (χ1n) is 9.22. The normalized spacial score (nSPS) is 30.9. The smallest absolute Gasteiger partial charge is 0.00161 e. The first kappa shape index (κ1) is 16.3. The summed E-state index contributed by atoms with van der Waals surface area (Å²) in [4.78, 5) is 2.75. The van der Waals surface area contributed by atoms with E-state index in [1.54, 1.807) is 0 Å². The molecule has 2 saturated heterocycles. The molecule has 2 aliphatic rings. The van der Waals surface area contributed by atoms with Crippen molar-refractivity contribution in [3.8, 4) is 0 Å². The Labute approximate surface area is 126 Å². The second-order valence-corrected chi connectivity index (χ2v) is 7.30. The van der Waals surface area contributed by atoms with Gasteiger partial charge in [-0.15, -0.1) is 0 Å². The minimum Gasteiger partial charge on any atom is -0.316 e. The van der Waals surface area contributed by atoms with Crippen molar-refractivity contribution in [2.75, 3.05) is 32.7 Å². The molecule has 2 heteroatoms. The van der Waals surface area contributed by atoms with Crippen LogP contribution >= 0.6 is 0 Å². The van der Waals surface area contributed by atoms with Gasteiger partial charge in [0.05, 0.1) is 0 Å². The molecule has 2 heterocycles. The highest BCUT2D eigenvalue weighted by atomic mass is 15.1. The third-order valence-corrected chi connectivity index (χ3v) is 5.68. The van der Waals surface area contributed by atoms with Crippen molar-refractivity contribution in [3.05, 3.63) is 0 Å². The zero-order valence-electron chi connectivity index (χ0n) is 13.9. The lowest BCUT2D eigenvalue weighted by atomic mass is 9.85. The predicted molar refractivity (Wildman–Crippen MR) is 88.1 cm³/mol. The topological polar surface area (TPSA) is 15.3 Å². The Morgan fingerprint density at radius 3 is 2.80 bits per heavy atom. The van der Waals surface area contributed by atoms with Crippen molar-refractivity contribution >= 4 is 0 Å². The summed E-state index contributed by atoms with van der Waals surface area (Å²) in [5.74, 6) is 2.85. The Hall–Kier alpha value is -0.0800. The maximum atomic E-state index is 3.57. The summed E-state index contributed by atoms with van der Waals surface area (Å²) in [5.41, 5.74) is 0. The first-order chi connectivity index (χ1) is 9.79. The fourth-order valence-corrected chi connectivity index (χ4v) is 4.13. The van der Waals surface area contributed by atoms with Crippen molar-refractivity contribution < 1.29 is 0 Å². The number of hydrogen-bond donors (Lipinski definition) is 1. The van der Waals surface area contributed by atoms with Crippen molar-refractivity contribution in [2.24, 2.45) is 17.8 Å². The molecule has 0 aromatic rings. The Kier molecular flexibility index (Phi) is 7.37. The highest BCUT2D eigenvalue weighted by molar-refractivity contribution is 4.76. The molecule has 118 valence electrons. The molecule has 2 fully saturated rings. The fourth-order valence-electron chi connectivity index (χ4n) is 4.13. The van der Waals surface area contributed by atoms with E-state index in [1.165, 1.54) is 84.1 Å². The number of nitrogens with zero attached hydrogens (tertiary/aromatic N) is 1. The Balaban J connectivity index is 1.65. The van der Waals surface area contributed by atoms with Crippen LogP contribution < -0.4 is 5.32 Å². The van der Waals surface area contributed by atoms with E-state index >= 15 is 0 Å². The molecule has 0 spiro atoms. The largest absolute Gasteiger partial charge is 0.316 e. The summed E-state index contributed by atoms with van der Waals surface area (Å²) in [6.07, 6.45) is 11.4. The number of rotatable bonds is 6. The van der Waals surface area contributed by atoms with Crippen molar-refractivity contribution in [1.82, 2.24) is 10.2 Å². The summed E-state index contributed by atoms with van der Waals surface area (Å²) in [5, 5.41) is 3.57. The molecular formula is C18H36N2. The molecule has 0 aromatic carbocycles. The van der Waals surface area contributed by atoms with Gasteiger partial charge in [0.2, 0.25) is 0 Å². The van der Waals surface area contributed by atoms with Crippen LogP contribution in [0.4, 0.5) is 0 Å². The summed E-state index contributed by atoms with van der Waals surface area (Å²) in [7, 11) is 0. The molecule has 0 amide bonds. The quantitative estimate of drug-likeness (QED) is 0.793. The molecular weight excluding hydrogens is 244 g/mol. The lowest BCUT2D eigenvalue weighted by Crippen LogP contribution is -2.35. The van der Waals surface area contributed by atoms with Crippen LogP contribution in [0.15, 0.2) is 0 Å². The summed E-state index contributed by atoms with van der Waals surface area (Å²) >= 11 is 0. The molecule has 2 aliphatic heterocycles. The van der Waals surface area contributed by atoms with Gasteiger partial charge in [0, 0.05) is 0 Å². The molecule has 1 N–H and O–H groups in total. The van der Waals surface area contributed by atoms with Gasteiger partial charge in [-0.05, 0) is 89.0 Å². The number of piperidine rings is 1. The van der Waals surface area contributed by atoms with Crippen LogP contribution in [0.2, 0.25) is 0 Å². The lowest BCUT2D eigenvalue weighted by molar-refractivity contribution is 0.214. The number of hydrogen-bond acceptors (Lipinski definition) is 2. The molecule has 0 aliphatic carbocycles. The molecule has 0 aromatic heterocycles. The first-order valence-corrected chi connectivity index (χ1v) is 9.22. The summed E-state index contributed by atoms with van der Waals surface area (Å²) < 4.78 is 0. The van der Waals surface area contributed by atoms with E-state index in [0.717, 1.165) is 17.8 Å². The summed E-state index contributed by atoms with van der Waals surface area (Å²) in [6.45, 7) is 11.4. The highest BCUT2D eigenvalue weighted by Gasteiger charge is 2.21. The minimum atomic E-state index is 0.900. The predicted octanol–water partition coefficient (Wildman–Crippen LogP) is 3.91. The Bertz CT molecular complexity index is 248. The van der Waals surface area contributed by atoms with E-state index in [-0.39, 0.29) is 0 Å². The fraction of sp³-hybridized carbons (Fsp3) is 1.00. The molecule has 0 bridgehead atoms. The molecule has 0 radical (unpaired) electrons. The monoisotopic (exact) mass is 280 g/mol. The number of likely N-dealkylation sites (tertiary alicyclic amines) is 1. The van der Waals surface area contributed by atoms with Crippen LogP contribution in [0, 0.1) is 17.8 Å². The molecule has 3 unspecified atom stereocenters. The Morgan fingerprint density at radius 2 is 2.05 bits per heavy atom. The number of nitrogens with one attached hydrogen (secondary N) is 1. The average molecular weight is 281 g/mol. The van der Waals surface area contributed by atoms with Gasteiger partial charge in [-0.3, -0.25) is 0 Å². The third-order valence-electron chi connectivity index (χ3n) is 5.68. The van der Waals surface area contributed by atoms with E-state index in [4.69, 9.17) is 0 Å². The zero-order chi connectivity index (χ0) is 14.2. The maximum absolute atomic E-state index is 3.57. The van der Waals surface area contributed by atoms with Gasteiger partial charge in [-0.25, -0.2) is 0 Å². The van der Waals surface area contributed by atoms with Gasteiger partial charge in [-0.1, -0.05) is 26.7 Å². The lowest BCUT2D eigenvalue weighted by Gasteiger charge is -2.30. The van der Waals surface area contributed by atoms with Gasteiger partial charge < -0.3 is 10.2 Å². The van der Waals surface area contributed by atoms with Crippen LogP contribution in [0.1, 0.15) is 65.2 Å². The van der Waals surface area contributed by atoms with Crippen LogP contribution in [-0.2, 0) is 0 Å². The van der Waals surface area contributed by atoms with Crippen LogP contribution in [0.5, 0.6) is 0 Å². The zero-order valence-corrected chi connectivity index (χ0v) is 13.9. The molecule has 2 nitrogen and oxygen atoms in total. The van der Waals surface area contributed by atoms with E-state index in [0.29, 0.717) is 0 Å². The maximum Gasteiger partial charge on any atom is -0.00161 e. The summed E-state index contributed by atoms with van der Waals surface area (Å²) in [6, 6.07) is 0. The van der Waals surface area contributed by atoms with E-state index in [2.05, 4.69) is 24.1 Å². The van der Waals surface area contributed by atoms with Crippen LogP contribution in [-0.4, -0.2) is 37.6 Å². The standard InChI is InChI=1S/C18H36N2/c1-3-6-17-7-5-12-20(14-10-17)13-9-16(2)18-8-4-11-19-15-18/h16-19H,3-15H2,1-2H3. The van der Waals surface area contributed by atoms with Crippen LogP contribution in [0.3, 0.4) is 0 Å². The SMILES string of the molecule is CCCC1CCCN(CCC(C)C2CCCNC2)CC1. The van der Waals surface area contributed by atoms with E-state index in [1.807, 2.05) is 0 Å². The van der Waals surface area contributed by atoms with Gasteiger partial charge >= 0.3 is 0 Å². The average Bonchev–Trinajstić information content (AvgIpc) is 2.71. The second kappa shape index (κ2) is 9.04. The van der Waals surface area contributed by atoms with Crippen molar-refractivity contribution in [3.63, 3.8) is 0 Å². The van der Waals surface area contributed by atoms with Crippen molar-refractivity contribution in [1.29, 1.82) is 0 Å². The van der Waals surface area contributed by atoms with E-state index in [9.17, 15) is 0 Å². The van der Waals surface area contributed by atoms with Gasteiger partial charge in [0.1, 0.15) is 0 Å². The molecule has 2 rings (SSSR count). The molecule has 20 heavy (non-hydrogen) atoms. The van der Waals surface area contributed by atoms with Crippen LogP contribution in [0.25, 0.3) is 0 Å². The second-order valence-electron chi connectivity index (χ2n) is 7.30.